The summed E-state index contributed by atoms with van der Waals surface area (Å²) in [6.45, 7) is 12.2. The monoisotopic (exact) mass is 362 g/mol. The molecule has 0 radical (unpaired) electrons. The smallest absolute Gasteiger partial charge is 0.121 e. The summed E-state index contributed by atoms with van der Waals surface area (Å²) in [5.74, 6) is 1.22. The van der Waals surface area contributed by atoms with Crippen LogP contribution in [-0.4, -0.2) is 10.2 Å². The van der Waals surface area contributed by atoms with Gasteiger partial charge >= 0.3 is 0 Å². The lowest BCUT2D eigenvalue weighted by atomic mass is 9.68. The van der Waals surface area contributed by atoms with E-state index in [2.05, 4.69) is 56.3 Å². The molecule has 0 aliphatic heterocycles. The van der Waals surface area contributed by atoms with Gasteiger partial charge in [-0.1, -0.05) is 56.3 Å². The second-order valence-corrected chi connectivity index (χ2v) is 8.28. The van der Waals surface area contributed by atoms with Crippen molar-refractivity contribution in [1.29, 1.82) is 0 Å². The zero-order chi connectivity index (χ0) is 19.9. The van der Waals surface area contributed by atoms with Crippen LogP contribution in [0.4, 0.5) is 0 Å². The molecule has 2 aromatic carbocycles. The number of benzene rings is 2. The topological polar surface area (TPSA) is 40.5 Å². The lowest BCUT2D eigenvalue weighted by Gasteiger charge is -2.35. The van der Waals surface area contributed by atoms with Gasteiger partial charge in [0, 0.05) is 5.41 Å². The van der Waals surface area contributed by atoms with Gasteiger partial charge in [0.15, 0.2) is 0 Å². The summed E-state index contributed by atoms with van der Waals surface area (Å²) in [7, 11) is 0. The highest BCUT2D eigenvalue weighted by Gasteiger charge is 2.34. The third-order valence-corrected chi connectivity index (χ3v) is 5.90. The first-order valence-corrected chi connectivity index (χ1v) is 9.66. The average Bonchev–Trinajstić information content (AvgIpc) is 2.63. The van der Waals surface area contributed by atoms with Crippen LogP contribution in [0.1, 0.15) is 53.6 Å². The summed E-state index contributed by atoms with van der Waals surface area (Å²) in [4.78, 5) is 0. The molecule has 0 saturated heterocycles. The zero-order valence-corrected chi connectivity index (χ0v) is 17.2. The molecule has 0 heterocycles. The van der Waals surface area contributed by atoms with E-state index in [0.29, 0.717) is 17.4 Å². The molecule has 0 amide bonds. The van der Waals surface area contributed by atoms with E-state index >= 15 is 0 Å². The van der Waals surface area contributed by atoms with Crippen LogP contribution in [0.2, 0.25) is 0 Å². The maximum Gasteiger partial charge on any atom is 0.121 e. The van der Waals surface area contributed by atoms with E-state index < -0.39 is 0 Å². The maximum absolute atomic E-state index is 10.3. The standard InChI is InChI=1S/C25H30O2/c1-15(2)20-7-9-25(10-8-20,21-11-16(3)23(26)17(4)12-21)22-13-18(5)24(27)19(6)14-22/h7-9,11-15,26-27H,10H2,1-6H3. The van der Waals surface area contributed by atoms with E-state index in [1.54, 1.807) is 0 Å². The second-order valence-electron chi connectivity index (χ2n) is 8.28. The summed E-state index contributed by atoms with van der Waals surface area (Å²) in [5, 5.41) is 20.5. The van der Waals surface area contributed by atoms with Gasteiger partial charge in [-0.2, -0.15) is 0 Å². The second kappa shape index (κ2) is 6.92. The van der Waals surface area contributed by atoms with Crippen molar-refractivity contribution in [2.45, 2.75) is 53.4 Å². The molecular weight excluding hydrogens is 332 g/mol. The van der Waals surface area contributed by atoms with E-state index in [4.69, 9.17) is 0 Å². The number of hydrogen-bond donors (Lipinski definition) is 2. The Bertz CT molecular complexity index is 841. The van der Waals surface area contributed by atoms with Crippen molar-refractivity contribution >= 4 is 0 Å². The van der Waals surface area contributed by atoms with E-state index in [1.165, 1.54) is 16.7 Å². The molecule has 0 fully saturated rings. The van der Waals surface area contributed by atoms with Crippen LogP contribution >= 0.6 is 0 Å². The van der Waals surface area contributed by atoms with Gasteiger partial charge in [0.25, 0.3) is 0 Å². The van der Waals surface area contributed by atoms with E-state index in [9.17, 15) is 10.2 Å². The van der Waals surface area contributed by atoms with Crippen LogP contribution in [0.5, 0.6) is 11.5 Å². The molecule has 2 N–H and O–H groups in total. The molecule has 0 spiro atoms. The Morgan fingerprint density at radius 2 is 1.19 bits per heavy atom. The molecule has 27 heavy (non-hydrogen) atoms. The summed E-state index contributed by atoms with van der Waals surface area (Å²) in [6, 6.07) is 8.38. The van der Waals surface area contributed by atoms with Crippen LogP contribution < -0.4 is 0 Å². The van der Waals surface area contributed by atoms with Crippen LogP contribution in [0.3, 0.4) is 0 Å². The number of hydrogen-bond acceptors (Lipinski definition) is 2. The fourth-order valence-electron chi connectivity index (χ4n) is 4.10. The number of phenolic OH excluding ortho intramolecular Hbond substituents is 2. The average molecular weight is 363 g/mol. The van der Waals surface area contributed by atoms with Gasteiger partial charge in [-0.3, -0.25) is 0 Å². The van der Waals surface area contributed by atoms with Gasteiger partial charge in [-0.05, 0) is 79.0 Å². The van der Waals surface area contributed by atoms with Crippen LogP contribution in [0, 0.1) is 33.6 Å². The minimum absolute atomic E-state index is 0.301. The SMILES string of the molecule is Cc1cc(C2(c3cc(C)c(O)c(C)c3)C=CC(C(C)C)=CC2)cc(C)c1O. The molecule has 142 valence electrons. The summed E-state index contributed by atoms with van der Waals surface area (Å²) in [5.41, 5.74) is 6.97. The molecule has 0 atom stereocenters. The van der Waals surface area contributed by atoms with E-state index in [-0.39, 0.29) is 5.41 Å². The lowest BCUT2D eigenvalue weighted by Crippen LogP contribution is -2.27. The Morgan fingerprint density at radius 1 is 0.778 bits per heavy atom. The Balaban J connectivity index is 2.25. The number of allylic oxidation sites excluding steroid dienone is 4. The molecule has 2 aromatic rings. The van der Waals surface area contributed by atoms with Gasteiger partial charge in [0.1, 0.15) is 11.5 Å². The zero-order valence-electron chi connectivity index (χ0n) is 17.2. The highest BCUT2D eigenvalue weighted by Crippen LogP contribution is 2.44. The largest absolute Gasteiger partial charge is 0.507 e. The minimum Gasteiger partial charge on any atom is -0.507 e. The van der Waals surface area contributed by atoms with Crippen molar-refractivity contribution in [3.8, 4) is 11.5 Å². The Hall–Kier alpha value is -2.48. The molecule has 1 aliphatic carbocycles. The highest BCUT2D eigenvalue weighted by molar-refractivity contribution is 5.56. The van der Waals surface area contributed by atoms with Gasteiger partial charge < -0.3 is 10.2 Å². The molecule has 0 saturated carbocycles. The fraction of sp³-hybridized carbons (Fsp3) is 0.360. The van der Waals surface area contributed by atoms with Crippen LogP contribution in [0.15, 0.2) is 48.1 Å². The maximum atomic E-state index is 10.3. The number of aryl methyl sites for hydroxylation is 4. The molecule has 0 unspecified atom stereocenters. The van der Waals surface area contributed by atoms with Gasteiger partial charge in [-0.15, -0.1) is 0 Å². The van der Waals surface area contributed by atoms with Gasteiger partial charge in [0.05, 0.1) is 0 Å². The highest BCUT2D eigenvalue weighted by atomic mass is 16.3. The summed E-state index contributed by atoms with van der Waals surface area (Å²) < 4.78 is 0. The number of aromatic hydroxyl groups is 2. The number of phenols is 2. The van der Waals surface area contributed by atoms with Crippen molar-refractivity contribution in [2.75, 3.05) is 0 Å². The van der Waals surface area contributed by atoms with Crippen molar-refractivity contribution in [1.82, 2.24) is 0 Å². The van der Waals surface area contributed by atoms with Crippen molar-refractivity contribution in [3.63, 3.8) is 0 Å². The fourth-order valence-corrected chi connectivity index (χ4v) is 4.10. The van der Waals surface area contributed by atoms with Crippen LogP contribution in [0.25, 0.3) is 0 Å². The Labute approximate surface area is 162 Å². The Kier molecular flexibility index (Phi) is 4.94. The molecule has 3 rings (SSSR count). The third kappa shape index (κ3) is 3.29. The van der Waals surface area contributed by atoms with Crippen LogP contribution in [-0.2, 0) is 5.41 Å². The van der Waals surface area contributed by atoms with E-state index in [0.717, 1.165) is 28.7 Å². The first-order valence-electron chi connectivity index (χ1n) is 9.66. The molecule has 1 aliphatic rings. The first-order chi connectivity index (χ1) is 12.7. The van der Waals surface area contributed by atoms with Gasteiger partial charge in [0.2, 0.25) is 0 Å². The predicted octanol–water partition coefficient (Wildman–Crippen LogP) is 6.16. The first kappa shape index (κ1) is 19.3. The Morgan fingerprint density at radius 3 is 1.48 bits per heavy atom. The quantitative estimate of drug-likeness (QED) is 0.686. The number of rotatable bonds is 3. The normalized spacial score (nSPS) is 15.9. The summed E-state index contributed by atoms with van der Waals surface area (Å²) in [6.07, 6.45) is 7.74. The molecule has 0 bridgehead atoms. The van der Waals surface area contributed by atoms with Gasteiger partial charge in [-0.25, -0.2) is 0 Å². The third-order valence-electron chi connectivity index (χ3n) is 5.90. The van der Waals surface area contributed by atoms with Crippen molar-refractivity contribution in [3.05, 3.63) is 81.4 Å². The van der Waals surface area contributed by atoms with Crippen molar-refractivity contribution < 1.29 is 10.2 Å². The lowest BCUT2D eigenvalue weighted by molar-refractivity contribution is 0.465. The molecule has 2 nitrogen and oxygen atoms in total. The molecule has 0 aromatic heterocycles. The van der Waals surface area contributed by atoms with E-state index in [1.807, 2.05) is 27.7 Å². The minimum atomic E-state index is -0.301. The predicted molar refractivity (Wildman–Crippen MR) is 113 cm³/mol. The molecular formula is C25H30O2. The van der Waals surface area contributed by atoms with Crippen molar-refractivity contribution in [2.24, 2.45) is 5.92 Å². The molecule has 2 heteroatoms. The summed E-state index contributed by atoms with van der Waals surface area (Å²) >= 11 is 0.